The quantitative estimate of drug-likeness (QED) is 0.525. The monoisotopic (exact) mass is 306 g/mol. The molecule has 0 saturated heterocycles. The molecule has 1 fully saturated rings. The Morgan fingerprint density at radius 3 is 2.59 bits per heavy atom. The Hall–Kier alpha value is -1.18. The van der Waals surface area contributed by atoms with Crippen molar-refractivity contribution in [1.29, 1.82) is 0 Å². The van der Waals surface area contributed by atoms with Crippen LogP contribution in [0.1, 0.15) is 75.3 Å². The van der Waals surface area contributed by atoms with Crippen LogP contribution in [0.15, 0.2) is 30.6 Å². The molecule has 22 heavy (non-hydrogen) atoms. The lowest BCUT2D eigenvalue weighted by Crippen LogP contribution is -2.13. The maximum Gasteiger partial charge on any atom is 0.126 e. The molecule has 0 amide bonds. The second-order valence-corrected chi connectivity index (χ2v) is 6.61. The van der Waals surface area contributed by atoms with Gasteiger partial charge in [0.1, 0.15) is 5.82 Å². The third kappa shape index (κ3) is 4.93. The molecule has 1 aromatic rings. The van der Waals surface area contributed by atoms with Gasteiger partial charge in [-0.15, -0.1) is 0 Å². The summed E-state index contributed by atoms with van der Waals surface area (Å²) < 4.78 is 26.1. The van der Waals surface area contributed by atoms with Gasteiger partial charge >= 0.3 is 0 Å². The molecular weight excluding hydrogens is 278 g/mol. The maximum absolute atomic E-state index is 14.2. The van der Waals surface area contributed by atoms with Gasteiger partial charge in [-0.1, -0.05) is 44.4 Å². The summed E-state index contributed by atoms with van der Waals surface area (Å²) in [7, 11) is 0. The zero-order valence-electron chi connectivity index (χ0n) is 13.7. The second-order valence-electron chi connectivity index (χ2n) is 6.61. The molecule has 1 saturated carbocycles. The average molecular weight is 306 g/mol. The lowest BCUT2D eigenvalue weighted by Gasteiger charge is -2.29. The fraction of sp³-hybridized carbons (Fsp3) is 0.600. The number of allylic oxidation sites excluding steroid dienone is 1. The van der Waals surface area contributed by atoms with Gasteiger partial charge in [-0.05, 0) is 67.6 Å². The molecule has 0 N–H and O–H groups in total. The third-order valence-corrected chi connectivity index (χ3v) is 5.03. The summed E-state index contributed by atoms with van der Waals surface area (Å²) in [6.07, 6.45) is 12.0. The average Bonchev–Trinajstić information content (AvgIpc) is 2.55. The molecule has 122 valence electrons. The van der Waals surface area contributed by atoms with E-state index in [1.165, 1.54) is 51.0 Å². The van der Waals surface area contributed by atoms with Gasteiger partial charge in [-0.3, -0.25) is 0 Å². The van der Waals surface area contributed by atoms with Gasteiger partial charge in [0.05, 0.1) is 6.33 Å². The lowest BCUT2D eigenvalue weighted by molar-refractivity contribution is 0.304. The van der Waals surface area contributed by atoms with E-state index in [0.717, 1.165) is 11.5 Å². The molecule has 0 spiro atoms. The van der Waals surface area contributed by atoms with Crippen LogP contribution in [0, 0.1) is 11.7 Å². The van der Waals surface area contributed by atoms with Gasteiger partial charge in [0.15, 0.2) is 0 Å². The predicted octanol–water partition coefficient (Wildman–Crippen LogP) is 6.71. The van der Waals surface area contributed by atoms with Crippen LogP contribution in [0.3, 0.4) is 0 Å². The molecule has 0 atom stereocenters. The van der Waals surface area contributed by atoms with Crippen molar-refractivity contribution in [2.75, 3.05) is 0 Å². The highest BCUT2D eigenvalue weighted by Crippen LogP contribution is 2.38. The number of hydrogen-bond acceptors (Lipinski definition) is 0. The number of hydrogen-bond donors (Lipinski definition) is 0. The number of benzene rings is 1. The van der Waals surface area contributed by atoms with Crippen molar-refractivity contribution < 1.29 is 8.78 Å². The molecule has 0 bridgehead atoms. The molecule has 0 aliphatic heterocycles. The van der Waals surface area contributed by atoms with E-state index in [-0.39, 0.29) is 5.82 Å². The highest BCUT2D eigenvalue weighted by molar-refractivity contribution is 5.27. The first-order chi connectivity index (χ1) is 10.7. The van der Waals surface area contributed by atoms with Crippen LogP contribution in [0.5, 0.6) is 0 Å². The minimum Gasteiger partial charge on any atom is -0.216 e. The summed E-state index contributed by atoms with van der Waals surface area (Å²) in [5.74, 6) is 1.28. The normalized spacial score (nSPS) is 22.3. The zero-order valence-corrected chi connectivity index (χ0v) is 13.7. The van der Waals surface area contributed by atoms with Crippen LogP contribution in [-0.4, -0.2) is 0 Å². The summed E-state index contributed by atoms with van der Waals surface area (Å²) in [6, 6.07) is 5.68. The van der Waals surface area contributed by atoms with Gasteiger partial charge < -0.3 is 0 Å². The summed E-state index contributed by atoms with van der Waals surface area (Å²) >= 11 is 0. The largest absolute Gasteiger partial charge is 0.216 e. The van der Waals surface area contributed by atoms with Gasteiger partial charge in [-0.25, -0.2) is 8.78 Å². The molecule has 1 aromatic carbocycles. The molecule has 1 aliphatic rings. The Bertz CT molecular complexity index is 471. The van der Waals surface area contributed by atoms with Crippen LogP contribution in [-0.2, 0) is 6.42 Å². The fourth-order valence-corrected chi connectivity index (χ4v) is 3.60. The first-order valence-electron chi connectivity index (χ1n) is 8.78. The van der Waals surface area contributed by atoms with E-state index in [9.17, 15) is 8.78 Å². The van der Waals surface area contributed by atoms with E-state index in [1.807, 2.05) is 6.07 Å². The second kappa shape index (κ2) is 9.07. The standard InChI is InChI=1S/C20H28F2/c1-2-3-6-16-8-10-17(11-9-16)19-13-12-18(20(22)15-19)7-4-5-14-21/h5,12-17H,2-4,6-11H2,1H3/t16-,17-. The van der Waals surface area contributed by atoms with Crippen molar-refractivity contribution >= 4 is 0 Å². The Balaban J connectivity index is 1.89. The Labute approximate surface area is 133 Å². The Morgan fingerprint density at radius 2 is 1.95 bits per heavy atom. The highest BCUT2D eigenvalue weighted by atomic mass is 19.1. The minimum absolute atomic E-state index is 0.127. The van der Waals surface area contributed by atoms with E-state index < -0.39 is 0 Å². The topological polar surface area (TPSA) is 0 Å². The van der Waals surface area contributed by atoms with E-state index in [4.69, 9.17) is 0 Å². The van der Waals surface area contributed by atoms with Gasteiger partial charge in [0, 0.05) is 0 Å². The fourth-order valence-electron chi connectivity index (χ4n) is 3.60. The van der Waals surface area contributed by atoms with Crippen LogP contribution in [0.25, 0.3) is 0 Å². The number of rotatable bonds is 7. The first-order valence-corrected chi connectivity index (χ1v) is 8.78. The molecule has 0 radical (unpaired) electrons. The van der Waals surface area contributed by atoms with Crippen LogP contribution in [0.2, 0.25) is 0 Å². The van der Waals surface area contributed by atoms with E-state index in [2.05, 4.69) is 13.0 Å². The number of aryl methyl sites for hydroxylation is 1. The highest BCUT2D eigenvalue weighted by Gasteiger charge is 2.22. The predicted molar refractivity (Wildman–Crippen MR) is 89.2 cm³/mol. The Morgan fingerprint density at radius 1 is 1.18 bits per heavy atom. The molecule has 0 nitrogen and oxygen atoms in total. The maximum atomic E-state index is 14.2. The zero-order chi connectivity index (χ0) is 15.8. The van der Waals surface area contributed by atoms with Crippen LogP contribution < -0.4 is 0 Å². The molecule has 0 aromatic heterocycles. The van der Waals surface area contributed by atoms with Gasteiger partial charge in [0.25, 0.3) is 0 Å². The van der Waals surface area contributed by atoms with Crippen molar-refractivity contribution in [3.63, 3.8) is 0 Å². The van der Waals surface area contributed by atoms with Crippen molar-refractivity contribution in [2.45, 2.75) is 70.6 Å². The van der Waals surface area contributed by atoms with Gasteiger partial charge in [0.2, 0.25) is 0 Å². The molecule has 0 heterocycles. The Kier molecular flexibility index (Phi) is 7.08. The molecule has 0 unspecified atom stereocenters. The first kappa shape index (κ1) is 17.2. The number of halogens is 2. The van der Waals surface area contributed by atoms with Crippen LogP contribution in [0.4, 0.5) is 8.78 Å². The summed E-state index contributed by atoms with van der Waals surface area (Å²) in [4.78, 5) is 0. The molecular formula is C20H28F2. The van der Waals surface area contributed by atoms with Gasteiger partial charge in [-0.2, -0.15) is 0 Å². The summed E-state index contributed by atoms with van der Waals surface area (Å²) in [5.41, 5.74) is 1.84. The van der Waals surface area contributed by atoms with Crippen LogP contribution >= 0.6 is 0 Å². The van der Waals surface area contributed by atoms with Crippen molar-refractivity contribution in [3.8, 4) is 0 Å². The summed E-state index contributed by atoms with van der Waals surface area (Å²) in [5, 5.41) is 0. The van der Waals surface area contributed by atoms with Crippen molar-refractivity contribution in [1.82, 2.24) is 0 Å². The van der Waals surface area contributed by atoms with Crippen molar-refractivity contribution in [2.24, 2.45) is 5.92 Å². The van der Waals surface area contributed by atoms with Crippen molar-refractivity contribution in [3.05, 3.63) is 47.5 Å². The summed E-state index contributed by atoms with van der Waals surface area (Å²) in [6.45, 7) is 2.25. The smallest absolute Gasteiger partial charge is 0.126 e. The lowest BCUT2D eigenvalue weighted by atomic mass is 9.77. The molecule has 2 heteroatoms. The third-order valence-electron chi connectivity index (χ3n) is 5.03. The molecule has 2 rings (SSSR count). The van der Waals surface area contributed by atoms with E-state index >= 15 is 0 Å². The SMILES string of the molecule is CCCC[C@H]1CC[C@H](c2ccc(CCC=CF)c(F)c2)CC1. The van der Waals surface area contributed by atoms with E-state index in [0.29, 0.717) is 30.7 Å². The van der Waals surface area contributed by atoms with E-state index in [1.54, 1.807) is 6.07 Å². The minimum atomic E-state index is -0.127. The number of unbranched alkanes of at least 4 members (excludes halogenated alkanes) is 1. The molecule has 1 aliphatic carbocycles.